The molecule has 1 N–H and O–H groups in total. The van der Waals surface area contributed by atoms with Crippen molar-refractivity contribution in [3.63, 3.8) is 0 Å². The van der Waals surface area contributed by atoms with Crippen LogP contribution in [0.1, 0.15) is 12.0 Å². The molecule has 1 rings (SSSR count). The summed E-state index contributed by atoms with van der Waals surface area (Å²) in [5.74, 6) is 1.53. The first-order valence-electron chi connectivity index (χ1n) is 6.82. The molecule has 0 unspecified atom stereocenters. The molecule has 0 aromatic heterocycles. The maximum absolute atomic E-state index is 5.76. The first kappa shape index (κ1) is 16.8. The zero-order chi connectivity index (χ0) is 14.6. The summed E-state index contributed by atoms with van der Waals surface area (Å²) in [5.41, 5.74) is 1.17. The Morgan fingerprint density at radius 1 is 1.00 bits per heavy atom. The van der Waals surface area contributed by atoms with Crippen molar-refractivity contribution >= 4 is 0 Å². The van der Waals surface area contributed by atoms with Crippen LogP contribution in [0.2, 0.25) is 0 Å². The van der Waals surface area contributed by atoms with E-state index in [0.29, 0.717) is 26.4 Å². The maximum atomic E-state index is 5.76. The van der Waals surface area contributed by atoms with Gasteiger partial charge in [0.15, 0.2) is 11.5 Å². The Morgan fingerprint density at radius 2 is 1.85 bits per heavy atom. The average molecular weight is 283 g/mol. The Morgan fingerprint density at radius 3 is 2.55 bits per heavy atom. The number of benzene rings is 1. The standard InChI is InChI=1S/C15H25NO4/c1-16-12-13-5-6-14(18-3)15(11-13)20-8-4-7-19-10-9-17-2/h5-6,11,16H,4,7-10,12H2,1-3H3. The minimum atomic E-state index is 0.604. The third-order valence-corrected chi connectivity index (χ3v) is 2.73. The molecule has 5 nitrogen and oxygen atoms in total. The van der Waals surface area contributed by atoms with E-state index in [-0.39, 0.29) is 0 Å². The van der Waals surface area contributed by atoms with Gasteiger partial charge in [-0.3, -0.25) is 0 Å². The zero-order valence-corrected chi connectivity index (χ0v) is 12.6. The van der Waals surface area contributed by atoms with E-state index in [2.05, 4.69) is 5.32 Å². The maximum Gasteiger partial charge on any atom is 0.161 e. The molecule has 20 heavy (non-hydrogen) atoms. The smallest absolute Gasteiger partial charge is 0.161 e. The molecule has 0 aliphatic carbocycles. The highest BCUT2D eigenvalue weighted by Gasteiger charge is 2.05. The average Bonchev–Trinajstić information content (AvgIpc) is 2.47. The molecule has 5 heteroatoms. The molecule has 0 fully saturated rings. The number of methoxy groups -OCH3 is 2. The summed E-state index contributed by atoms with van der Waals surface area (Å²) < 4.78 is 21.3. The number of nitrogens with one attached hydrogen (secondary N) is 1. The number of hydrogen-bond donors (Lipinski definition) is 1. The van der Waals surface area contributed by atoms with Crippen LogP contribution in [0.25, 0.3) is 0 Å². The first-order chi connectivity index (χ1) is 9.81. The van der Waals surface area contributed by atoms with E-state index in [1.165, 1.54) is 5.56 Å². The van der Waals surface area contributed by atoms with Crippen molar-refractivity contribution in [3.05, 3.63) is 23.8 Å². The normalized spacial score (nSPS) is 10.6. The molecule has 0 saturated carbocycles. The predicted octanol–water partition coefficient (Wildman–Crippen LogP) is 1.85. The number of hydrogen-bond acceptors (Lipinski definition) is 5. The van der Waals surface area contributed by atoms with Gasteiger partial charge in [0.25, 0.3) is 0 Å². The molecule has 0 aliphatic heterocycles. The summed E-state index contributed by atoms with van der Waals surface area (Å²) in [7, 11) is 5.23. The lowest BCUT2D eigenvalue weighted by molar-refractivity contribution is 0.0643. The van der Waals surface area contributed by atoms with Gasteiger partial charge >= 0.3 is 0 Å². The van der Waals surface area contributed by atoms with Crippen molar-refractivity contribution in [1.82, 2.24) is 5.32 Å². The third kappa shape index (κ3) is 6.23. The summed E-state index contributed by atoms with van der Waals surface area (Å²) in [6, 6.07) is 5.95. The quantitative estimate of drug-likeness (QED) is 0.628. The second kappa shape index (κ2) is 10.5. The third-order valence-electron chi connectivity index (χ3n) is 2.73. The fraction of sp³-hybridized carbons (Fsp3) is 0.600. The second-order valence-corrected chi connectivity index (χ2v) is 4.32. The van der Waals surface area contributed by atoms with Crippen LogP contribution in [-0.4, -0.2) is 47.7 Å². The van der Waals surface area contributed by atoms with Crippen LogP contribution in [0.15, 0.2) is 18.2 Å². The minimum Gasteiger partial charge on any atom is -0.493 e. The molecule has 0 radical (unpaired) electrons. The van der Waals surface area contributed by atoms with E-state index in [1.54, 1.807) is 14.2 Å². The Bertz CT molecular complexity index is 371. The fourth-order valence-electron chi connectivity index (χ4n) is 1.74. The molecule has 0 amide bonds. The van der Waals surface area contributed by atoms with Crippen LogP contribution < -0.4 is 14.8 Å². The summed E-state index contributed by atoms with van der Waals surface area (Å²) in [6.45, 7) is 3.33. The largest absolute Gasteiger partial charge is 0.493 e. The van der Waals surface area contributed by atoms with Crippen molar-refractivity contribution in [2.75, 3.05) is 47.7 Å². The van der Waals surface area contributed by atoms with Gasteiger partial charge in [-0.25, -0.2) is 0 Å². The van der Waals surface area contributed by atoms with E-state index in [1.807, 2.05) is 25.2 Å². The van der Waals surface area contributed by atoms with E-state index in [4.69, 9.17) is 18.9 Å². The molecule has 0 atom stereocenters. The van der Waals surface area contributed by atoms with Gasteiger partial charge in [0, 0.05) is 26.7 Å². The Kier molecular flexibility index (Phi) is 8.78. The van der Waals surface area contributed by atoms with Crippen LogP contribution in [0.4, 0.5) is 0 Å². The van der Waals surface area contributed by atoms with Gasteiger partial charge in [0.05, 0.1) is 26.9 Å². The Balaban J connectivity index is 2.35. The SMILES string of the molecule is CNCc1ccc(OC)c(OCCCOCCOC)c1. The van der Waals surface area contributed by atoms with E-state index in [9.17, 15) is 0 Å². The van der Waals surface area contributed by atoms with Crippen LogP contribution in [0.5, 0.6) is 11.5 Å². The van der Waals surface area contributed by atoms with Gasteiger partial charge in [-0.15, -0.1) is 0 Å². The molecule has 0 heterocycles. The molecule has 0 bridgehead atoms. The van der Waals surface area contributed by atoms with E-state index >= 15 is 0 Å². The summed E-state index contributed by atoms with van der Waals surface area (Å²) in [6.07, 6.45) is 0.836. The Hall–Kier alpha value is -1.30. The molecule has 0 spiro atoms. The highest BCUT2D eigenvalue weighted by atomic mass is 16.5. The predicted molar refractivity (Wildman–Crippen MR) is 78.6 cm³/mol. The minimum absolute atomic E-state index is 0.604. The van der Waals surface area contributed by atoms with Crippen LogP contribution in [0.3, 0.4) is 0 Å². The van der Waals surface area contributed by atoms with Crippen LogP contribution in [0, 0.1) is 0 Å². The molecule has 1 aromatic rings. The molecular weight excluding hydrogens is 258 g/mol. The summed E-state index contributed by atoms with van der Waals surface area (Å²) in [4.78, 5) is 0. The van der Waals surface area contributed by atoms with Crippen molar-refractivity contribution < 1.29 is 18.9 Å². The monoisotopic (exact) mass is 283 g/mol. The highest BCUT2D eigenvalue weighted by Crippen LogP contribution is 2.28. The lowest BCUT2D eigenvalue weighted by atomic mass is 10.2. The number of ether oxygens (including phenoxy) is 4. The number of rotatable bonds is 11. The van der Waals surface area contributed by atoms with Crippen LogP contribution in [-0.2, 0) is 16.0 Å². The molecule has 114 valence electrons. The second-order valence-electron chi connectivity index (χ2n) is 4.32. The summed E-state index contributed by atoms with van der Waals surface area (Å²) in [5, 5.41) is 3.12. The van der Waals surface area contributed by atoms with Crippen molar-refractivity contribution in [3.8, 4) is 11.5 Å². The van der Waals surface area contributed by atoms with Gasteiger partial charge in [-0.05, 0) is 24.7 Å². The molecule has 0 aliphatic rings. The zero-order valence-electron chi connectivity index (χ0n) is 12.6. The van der Waals surface area contributed by atoms with Crippen molar-refractivity contribution in [2.24, 2.45) is 0 Å². The van der Waals surface area contributed by atoms with Crippen molar-refractivity contribution in [2.45, 2.75) is 13.0 Å². The lowest BCUT2D eigenvalue weighted by Gasteiger charge is -2.12. The highest BCUT2D eigenvalue weighted by molar-refractivity contribution is 5.42. The Labute approximate surface area is 121 Å². The van der Waals surface area contributed by atoms with Gasteiger partial charge in [0.2, 0.25) is 0 Å². The van der Waals surface area contributed by atoms with Gasteiger partial charge < -0.3 is 24.3 Å². The fourth-order valence-corrected chi connectivity index (χ4v) is 1.74. The first-order valence-corrected chi connectivity index (χ1v) is 6.82. The lowest BCUT2D eigenvalue weighted by Crippen LogP contribution is -2.08. The van der Waals surface area contributed by atoms with E-state index in [0.717, 1.165) is 24.5 Å². The summed E-state index contributed by atoms with van der Waals surface area (Å²) >= 11 is 0. The molecule has 1 aromatic carbocycles. The van der Waals surface area contributed by atoms with Crippen molar-refractivity contribution in [1.29, 1.82) is 0 Å². The van der Waals surface area contributed by atoms with Gasteiger partial charge in [0.1, 0.15) is 0 Å². The van der Waals surface area contributed by atoms with Gasteiger partial charge in [-0.2, -0.15) is 0 Å². The molecule has 0 saturated heterocycles. The topological polar surface area (TPSA) is 49.0 Å². The van der Waals surface area contributed by atoms with Crippen LogP contribution >= 0.6 is 0 Å². The van der Waals surface area contributed by atoms with E-state index < -0.39 is 0 Å². The van der Waals surface area contributed by atoms with Gasteiger partial charge in [-0.1, -0.05) is 6.07 Å². The molecular formula is C15H25NO4.